The Morgan fingerprint density at radius 1 is 1.62 bits per heavy atom. The van der Waals surface area contributed by atoms with Crippen molar-refractivity contribution in [1.82, 2.24) is 0 Å². The minimum absolute atomic E-state index is 0. The second-order valence-corrected chi connectivity index (χ2v) is 1.70. The average Bonchev–Trinajstić information content (AvgIpc) is 1.27. The van der Waals surface area contributed by atoms with Crippen LogP contribution in [0.5, 0.6) is 0 Å². The Bertz CT molecular complexity index is 74.4. The number of nitro groups is 1. The quantitative estimate of drug-likeness (QED) is 0.369. The maximum absolute atomic E-state index is 9.59. The normalized spacial score (nSPS) is 8.38. The molecule has 0 saturated carbocycles. The molecule has 0 rings (SSSR count). The van der Waals surface area contributed by atoms with E-state index in [9.17, 15) is 10.1 Å². The summed E-state index contributed by atoms with van der Waals surface area (Å²) in [4.78, 5) is 9.26. The second kappa shape index (κ2) is 5.64. The molecule has 8 heavy (non-hydrogen) atoms. The van der Waals surface area contributed by atoms with E-state index < -0.39 is 0 Å². The summed E-state index contributed by atoms with van der Waals surface area (Å²) in [6.45, 7) is 3.48. The van der Waals surface area contributed by atoms with Crippen LogP contribution in [0.2, 0.25) is 0 Å². The monoisotopic (exact) mass is 191 g/mol. The molecular weight excluding hydrogens is 183 g/mol. The third kappa shape index (κ3) is 9.71. The molecule has 0 aliphatic rings. The molecule has 0 aromatic heterocycles. The second-order valence-electron chi connectivity index (χ2n) is 1.70. The molecule has 0 unspecified atom stereocenters. The van der Waals surface area contributed by atoms with Gasteiger partial charge in [0, 0.05) is 32.7 Å². The molecule has 0 atom stereocenters. The first-order chi connectivity index (χ1) is 3.13. The first kappa shape index (κ1) is 11.3. The molecule has 45 valence electrons. The topological polar surface area (TPSA) is 43.1 Å². The molecule has 4 heteroatoms. The van der Waals surface area contributed by atoms with Gasteiger partial charge in [0.2, 0.25) is 0 Å². The molecule has 0 aromatic carbocycles. The Kier molecular flexibility index (Phi) is 7.98. The molecule has 0 aromatic rings. The number of nitrogens with zero attached hydrogens (tertiary/aromatic N) is 1. The fourth-order valence-electron chi connectivity index (χ4n) is 0.258. The Labute approximate surface area is 73.9 Å². The van der Waals surface area contributed by atoms with Gasteiger partial charge < -0.3 is 0 Å². The van der Waals surface area contributed by atoms with Gasteiger partial charge in [0.15, 0.2) is 0 Å². The molecule has 0 saturated heterocycles. The molecule has 0 heterocycles. The van der Waals surface area contributed by atoms with Gasteiger partial charge in [-0.3, -0.25) is 10.1 Å². The van der Waals surface area contributed by atoms with Crippen LogP contribution in [0.15, 0.2) is 0 Å². The van der Waals surface area contributed by atoms with Crippen LogP contribution in [0.3, 0.4) is 0 Å². The van der Waals surface area contributed by atoms with E-state index in [1.165, 1.54) is 0 Å². The smallest absolute Gasteiger partial charge is 0.0912 e. The fourth-order valence-corrected chi connectivity index (χ4v) is 0.258. The molecule has 0 amide bonds. The van der Waals surface area contributed by atoms with Crippen molar-refractivity contribution in [3.8, 4) is 0 Å². The van der Waals surface area contributed by atoms with E-state index in [1.54, 1.807) is 13.8 Å². The molecular formula is C4H8NO2Y-. The Morgan fingerprint density at radius 2 is 2.00 bits per heavy atom. The SMILES string of the molecule is C[C-](C)C[N+](=O)[O-].[Y]. The third-order valence-electron chi connectivity index (χ3n) is 0.445. The molecule has 0 spiro atoms. The van der Waals surface area contributed by atoms with Gasteiger partial charge in [0.1, 0.15) is 0 Å². The van der Waals surface area contributed by atoms with Crippen LogP contribution in [0, 0.1) is 16.0 Å². The minimum atomic E-state index is -0.338. The average molecular weight is 191 g/mol. The molecule has 3 nitrogen and oxygen atoms in total. The zero-order valence-electron chi connectivity index (χ0n) is 5.05. The predicted molar refractivity (Wildman–Crippen MR) is 26.5 cm³/mol. The van der Waals surface area contributed by atoms with Crippen LogP contribution in [-0.2, 0) is 32.7 Å². The van der Waals surface area contributed by atoms with Gasteiger partial charge >= 0.3 is 0 Å². The summed E-state index contributed by atoms with van der Waals surface area (Å²) in [5, 5.41) is 9.59. The van der Waals surface area contributed by atoms with E-state index >= 15 is 0 Å². The third-order valence-corrected chi connectivity index (χ3v) is 0.445. The largest absolute Gasteiger partial charge is 0.268 e. The Hall–Kier alpha value is 0.504. The van der Waals surface area contributed by atoms with Crippen molar-refractivity contribution in [3.05, 3.63) is 16.0 Å². The van der Waals surface area contributed by atoms with Gasteiger partial charge in [-0.1, -0.05) is 0 Å². The zero-order valence-corrected chi connectivity index (χ0v) is 7.89. The van der Waals surface area contributed by atoms with Crippen molar-refractivity contribution in [2.24, 2.45) is 0 Å². The predicted octanol–water partition coefficient (Wildman–Crippen LogP) is 0.875. The van der Waals surface area contributed by atoms with Crippen LogP contribution in [0.25, 0.3) is 0 Å². The van der Waals surface area contributed by atoms with Crippen molar-refractivity contribution in [2.45, 2.75) is 13.8 Å². The van der Waals surface area contributed by atoms with Crippen LogP contribution in [0.4, 0.5) is 0 Å². The van der Waals surface area contributed by atoms with Crippen LogP contribution in [-0.4, -0.2) is 11.5 Å². The standard InChI is InChI=1S/C4H8NO2.Y/c1-4(2)3-5(6)7;/h3H2,1-2H3;/q-1;. The van der Waals surface area contributed by atoms with Crippen molar-refractivity contribution in [2.75, 3.05) is 6.54 Å². The van der Waals surface area contributed by atoms with E-state index in [2.05, 4.69) is 0 Å². The first-order valence-electron chi connectivity index (χ1n) is 2.03. The van der Waals surface area contributed by atoms with Gasteiger partial charge in [-0.05, 0) is 4.92 Å². The van der Waals surface area contributed by atoms with Gasteiger partial charge in [-0.15, -0.1) is 0 Å². The summed E-state index contributed by atoms with van der Waals surface area (Å²) in [6, 6.07) is 0. The number of hydrogen-bond acceptors (Lipinski definition) is 2. The zero-order chi connectivity index (χ0) is 5.86. The van der Waals surface area contributed by atoms with Crippen LogP contribution >= 0.6 is 0 Å². The van der Waals surface area contributed by atoms with Crippen molar-refractivity contribution >= 4 is 0 Å². The molecule has 0 fully saturated rings. The number of hydrogen-bond donors (Lipinski definition) is 0. The summed E-state index contributed by atoms with van der Waals surface area (Å²) in [5.74, 6) is 0.838. The summed E-state index contributed by atoms with van der Waals surface area (Å²) in [6.07, 6.45) is 0. The van der Waals surface area contributed by atoms with Gasteiger partial charge in [0.25, 0.3) is 0 Å². The number of rotatable bonds is 2. The summed E-state index contributed by atoms with van der Waals surface area (Å²) < 4.78 is 0. The Balaban J connectivity index is 0. The van der Waals surface area contributed by atoms with Crippen molar-refractivity contribution in [3.63, 3.8) is 0 Å². The minimum Gasteiger partial charge on any atom is -0.268 e. The van der Waals surface area contributed by atoms with E-state index in [-0.39, 0.29) is 44.2 Å². The van der Waals surface area contributed by atoms with E-state index in [1.807, 2.05) is 0 Å². The van der Waals surface area contributed by atoms with E-state index in [0.29, 0.717) is 0 Å². The summed E-state index contributed by atoms with van der Waals surface area (Å²) >= 11 is 0. The molecule has 0 aliphatic heterocycles. The van der Waals surface area contributed by atoms with Crippen LogP contribution < -0.4 is 0 Å². The van der Waals surface area contributed by atoms with Crippen LogP contribution in [0.1, 0.15) is 13.8 Å². The molecule has 0 bridgehead atoms. The fraction of sp³-hybridized carbons (Fsp3) is 0.750. The Morgan fingerprint density at radius 3 is 2.00 bits per heavy atom. The van der Waals surface area contributed by atoms with E-state index in [4.69, 9.17) is 0 Å². The molecule has 0 N–H and O–H groups in total. The maximum Gasteiger partial charge on any atom is 0.0912 e. The summed E-state index contributed by atoms with van der Waals surface area (Å²) in [7, 11) is 0. The van der Waals surface area contributed by atoms with Crippen molar-refractivity contribution in [1.29, 1.82) is 0 Å². The molecule has 0 aliphatic carbocycles. The van der Waals surface area contributed by atoms with Gasteiger partial charge in [-0.25, -0.2) is 5.92 Å². The first-order valence-corrected chi connectivity index (χ1v) is 2.03. The molecule has 1 radical (unpaired) electrons. The summed E-state index contributed by atoms with van der Waals surface area (Å²) in [5.41, 5.74) is 0. The van der Waals surface area contributed by atoms with Gasteiger partial charge in [0.05, 0.1) is 6.54 Å². The van der Waals surface area contributed by atoms with E-state index in [0.717, 1.165) is 5.92 Å². The van der Waals surface area contributed by atoms with Gasteiger partial charge in [-0.2, -0.15) is 13.8 Å². The maximum atomic E-state index is 9.59. The van der Waals surface area contributed by atoms with Crippen molar-refractivity contribution < 1.29 is 37.6 Å².